The average Bonchev–Trinajstić information content (AvgIpc) is 2.59. The van der Waals surface area contributed by atoms with Crippen LogP contribution in [0.4, 0.5) is 11.4 Å². The molecular weight excluding hydrogens is 296 g/mol. The van der Waals surface area contributed by atoms with Crippen LogP contribution < -0.4 is 9.64 Å². The maximum atomic E-state index is 5.58. The summed E-state index contributed by atoms with van der Waals surface area (Å²) in [4.78, 5) is 7.20. The van der Waals surface area contributed by atoms with E-state index in [2.05, 4.69) is 47.4 Å². The molecule has 1 aliphatic rings. The highest BCUT2D eigenvalue weighted by molar-refractivity contribution is 6.04. The summed E-state index contributed by atoms with van der Waals surface area (Å²) in [5.74, 6) is 2.08. The molecule has 3 rings (SSSR count). The zero-order valence-electron chi connectivity index (χ0n) is 14.4. The normalized spacial score (nSPS) is 15.1. The van der Waals surface area contributed by atoms with Gasteiger partial charge in [0.25, 0.3) is 0 Å². The topological polar surface area (TPSA) is 24.8 Å². The summed E-state index contributed by atoms with van der Waals surface area (Å²) in [6, 6.07) is 18.9. The van der Waals surface area contributed by atoms with Crippen LogP contribution in [0.15, 0.2) is 59.6 Å². The molecule has 0 fully saturated rings. The van der Waals surface area contributed by atoms with Crippen LogP contribution in [0.5, 0.6) is 5.75 Å². The minimum absolute atomic E-state index is 0.689. The largest absolute Gasteiger partial charge is 0.494 e. The Kier molecular flexibility index (Phi) is 5.89. The van der Waals surface area contributed by atoms with Crippen molar-refractivity contribution < 1.29 is 4.74 Å². The molecule has 0 radical (unpaired) electrons. The van der Waals surface area contributed by atoms with E-state index >= 15 is 0 Å². The average molecular weight is 322 g/mol. The fourth-order valence-electron chi connectivity index (χ4n) is 3.10. The van der Waals surface area contributed by atoms with Crippen LogP contribution in [-0.2, 0) is 0 Å². The number of aliphatic imine (C=N–C) groups is 1. The van der Waals surface area contributed by atoms with Gasteiger partial charge in [-0.15, -0.1) is 0 Å². The Hall–Kier alpha value is -2.29. The van der Waals surface area contributed by atoms with Crippen LogP contribution in [0, 0.1) is 0 Å². The molecular formula is C21H26N2O. The second-order valence-electron chi connectivity index (χ2n) is 6.06. The zero-order valence-corrected chi connectivity index (χ0v) is 14.4. The second-order valence-corrected chi connectivity index (χ2v) is 6.06. The van der Waals surface area contributed by atoms with E-state index < -0.39 is 0 Å². The summed E-state index contributed by atoms with van der Waals surface area (Å²) in [5, 5.41) is 0. The molecule has 24 heavy (non-hydrogen) atoms. The molecule has 2 aromatic rings. The third-order valence-corrected chi connectivity index (χ3v) is 4.28. The first-order chi connectivity index (χ1) is 11.9. The van der Waals surface area contributed by atoms with Crippen molar-refractivity contribution >= 4 is 17.2 Å². The number of hydrogen-bond acceptors (Lipinski definition) is 3. The van der Waals surface area contributed by atoms with Gasteiger partial charge in [0.15, 0.2) is 0 Å². The van der Waals surface area contributed by atoms with Crippen molar-refractivity contribution in [3.05, 3.63) is 54.6 Å². The lowest BCUT2D eigenvalue weighted by Gasteiger charge is -2.28. The van der Waals surface area contributed by atoms with Crippen LogP contribution in [0.3, 0.4) is 0 Å². The lowest BCUT2D eigenvalue weighted by atomic mass is 10.1. The van der Waals surface area contributed by atoms with Crippen LogP contribution in [0.25, 0.3) is 0 Å². The van der Waals surface area contributed by atoms with Crippen LogP contribution in [-0.4, -0.2) is 19.0 Å². The van der Waals surface area contributed by atoms with Gasteiger partial charge in [-0.25, -0.2) is 0 Å². The Morgan fingerprint density at radius 1 is 0.875 bits per heavy atom. The SMILES string of the molecule is CCOc1ccc(N(C2=NCCCCCC2)c2ccccc2)cc1. The van der Waals surface area contributed by atoms with E-state index in [1.165, 1.54) is 37.2 Å². The number of rotatable bonds is 4. The van der Waals surface area contributed by atoms with E-state index in [1.54, 1.807) is 0 Å². The highest BCUT2D eigenvalue weighted by Crippen LogP contribution is 2.29. The third-order valence-electron chi connectivity index (χ3n) is 4.28. The van der Waals surface area contributed by atoms with Gasteiger partial charge in [-0.2, -0.15) is 0 Å². The third kappa shape index (κ3) is 4.16. The number of benzene rings is 2. The van der Waals surface area contributed by atoms with Crippen LogP contribution >= 0.6 is 0 Å². The van der Waals surface area contributed by atoms with Gasteiger partial charge in [0, 0.05) is 24.3 Å². The molecule has 0 N–H and O–H groups in total. The maximum Gasteiger partial charge on any atom is 0.119 e. The van der Waals surface area contributed by atoms with Crippen molar-refractivity contribution in [1.29, 1.82) is 0 Å². The Bertz CT molecular complexity index is 649. The molecule has 126 valence electrons. The number of anilines is 2. The first-order valence-corrected chi connectivity index (χ1v) is 9.00. The van der Waals surface area contributed by atoms with E-state index in [1.807, 2.05) is 19.1 Å². The summed E-state index contributed by atoms with van der Waals surface area (Å²) in [6.45, 7) is 3.62. The van der Waals surface area contributed by atoms with Crippen molar-refractivity contribution in [1.82, 2.24) is 0 Å². The second kappa shape index (κ2) is 8.53. The van der Waals surface area contributed by atoms with Crippen molar-refractivity contribution in [3.63, 3.8) is 0 Å². The lowest BCUT2D eigenvalue weighted by Crippen LogP contribution is -2.27. The fourth-order valence-corrected chi connectivity index (χ4v) is 3.10. The van der Waals surface area contributed by atoms with E-state index in [4.69, 9.17) is 9.73 Å². The number of nitrogens with zero attached hydrogens (tertiary/aromatic N) is 2. The van der Waals surface area contributed by atoms with Gasteiger partial charge in [-0.3, -0.25) is 9.89 Å². The monoisotopic (exact) mass is 322 g/mol. The number of para-hydroxylation sites is 1. The van der Waals surface area contributed by atoms with Gasteiger partial charge in [-0.1, -0.05) is 31.0 Å². The molecule has 0 aliphatic carbocycles. The molecule has 0 saturated heterocycles. The molecule has 0 aromatic heterocycles. The standard InChI is InChI=1S/C21H26N2O/c1-2-24-20-15-13-19(14-16-20)23(18-10-6-5-7-11-18)21-12-8-3-4-9-17-22-21/h5-7,10-11,13-16H,2-4,8-9,12,17H2,1H3. The van der Waals surface area contributed by atoms with Crippen LogP contribution in [0.1, 0.15) is 39.0 Å². The predicted molar refractivity (Wildman–Crippen MR) is 102 cm³/mol. The maximum absolute atomic E-state index is 5.58. The summed E-state index contributed by atoms with van der Waals surface area (Å²) >= 11 is 0. The molecule has 2 aromatic carbocycles. The zero-order chi connectivity index (χ0) is 16.6. The molecule has 0 spiro atoms. The number of hydrogen-bond donors (Lipinski definition) is 0. The lowest BCUT2D eigenvalue weighted by molar-refractivity contribution is 0.340. The minimum Gasteiger partial charge on any atom is -0.494 e. The Morgan fingerprint density at radius 3 is 2.33 bits per heavy atom. The van der Waals surface area contributed by atoms with Gasteiger partial charge in [0.2, 0.25) is 0 Å². The number of amidine groups is 1. The van der Waals surface area contributed by atoms with Crippen molar-refractivity contribution in [2.45, 2.75) is 39.0 Å². The van der Waals surface area contributed by atoms with Gasteiger partial charge in [-0.05, 0) is 56.2 Å². The molecule has 0 unspecified atom stereocenters. The van der Waals surface area contributed by atoms with Gasteiger partial charge in [0.05, 0.1) is 6.61 Å². The van der Waals surface area contributed by atoms with Gasteiger partial charge >= 0.3 is 0 Å². The first-order valence-electron chi connectivity index (χ1n) is 9.00. The summed E-state index contributed by atoms with van der Waals surface area (Å²) in [5.41, 5.74) is 2.31. The van der Waals surface area contributed by atoms with Crippen molar-refractivity contribution in [2.75, 3.05) is 18.1 Å². The molecule has 1 aliphatic heterocycles. The fraction of sp³-hybridized carbons (Fsp3) is 0.381. The van der Waals surface area contributed by atoms with Gasteiger partial charge in [0.1, 0.15) is 11.6 Å². The minimum atomic E-state index is 0.689. The van der Waals surface area contributed by atoms with E-state index in [-0.39, 0.29) is 0 Å². The smallest absolute Gasteiger partial charge is 0.119 e. The predicted octanol–water partition coefficient (Wildman–Crippen LogP) is 5.59. The molecule has 0 atom stereocenters. The highest BCUT2D eigenvalue weighted by atomic mass is 16.5. The van der Waals surface area contributed by atoms with E-state index in [0.717, 1.165) is 24.4 Å². The highest BCUT2D eigenvalue weighted by Gasteiger charge is 2.16. The Morgan fingerprint density at radius 2 is 1.58 bits per heavy atom. The first kappa shape index (κ1) is 16.6. The molecule has 3 heteroatoms. The summed E-state index contributed by atoms with van der Waals surface area (Å²) < 4.78 is 5.58. The molecule has 0 bridgehead atoms. The quantitative estimate of drug-likeness (QED) is 0.733. The molecule has 0 amide bonds. The van der Waals surface area contributed by atoms with Crippen LogP contribution in [0.2, 0.25) is 0 Å². The summed E-state index contributed by atoms with van der Waals surface area (Å²) in [6.07, 6.45) is 6.02. The van der Waals surface area contributed by atoms with E-state index in [0.29, 0.717) is 6.61 Å². The molecule has 0 saturated carbocycles. The Labute approximate surface area is 145 Å². The molecule has 1 heterocycles. The Balaban J connectivity index is 1.95. The molecule has 3 nitrogen and oxygen atoms in total. The van der Waals surface area contributed by atoms with Crippen molar-refractivity contribution in [2.24, 2.45) is 4.99 Å². The number of ether oxygens (including phenoxy) is 1. The van der Waals surface area contributed by atoms with E-state index in [9.17, 15) is 0 Å². The van der Waals surface area contributed by atoms with Crippen molar-refractivity contribution in [3.8, 4) is 5.75 Å². The van der Waals surface area contributed by atoms with Gasteiger partial charge < -0.3 is 4.74 Å². The summed E-state index contributed by atoms with van der Waals surface area (Å²) in [7, 11) is 0.